The molecule has 0 atom stereocenters. The predicted octanol–water partition coefficient (Wildman–Crippen LogP) is 3.08. The monoisotopic (exact) mass is 384 g/mol. The number of aromatic nitrogens is 2. The minimum absolute atomic E-state index is 0.675. The molecule has 4 rings (SSSR count). The van der Waals surface area contributed by atoms with Gasteiger partial charge < -0.3 is 14.4 Å². The van der Waals surface area contributed by atoms with Crippen LogP contribution in [0.1, 0.15) is 28.8 Å². The van der Waals surface area contributed by atoms with Crippen LogP contribution in [0.15, 0.2) is 24.3 Å². The molecule has 27 heavy (non-hydrogen) atoms. The van der Waals surface area contributed by atoms with Gasteiger partial charge in [0, 0.05) is 4.88 Å². The van der Waals surface area contributed by atoms with E-state index in [9.17, 15) is 0 Å². The van der Waals surface area contributed by atoms with Crippen LogP contribution in [0.2, 0.25) is 0 Å². The number of ether oxygens (including phenoxy) is 2. The van der Waals surface area contributed by atoms with Gasteiger partial charge in [0.05, 0.1) is 18.6 Å². The highest BCUT2D eigenvalue weighted by Gasteiger charge is 2.20. The zero-order valence-corrected chi connectivity index (χ0v) is 17.0. The highest BCUT2D eigenvalue weighted by atomic mass is 32.1. The molecular weight excluding hydrogens is 358 g/mol. The van der Waals surface area contributed by atoms with E-state index in [-0.39, 0.29) is 0 Å². The second kappa shape index (κ2) is 7.92. The summed E-state index contributed by atoms with van der Waals surface area (Å²) in [6, 6.07) is 8.26. The van der Waals surface area contributed by atoms with Crippen molar-refractivity contribution in [1.82, 2.24) is 9.97 Å². The molecule has 0 aliphatic carbocycles. The van der Waals surface area contributed by atoms with E-state index in [1.807, 2.05) is 12.1 Å². The van der Waals surface area contributed by atoms with Crippen LogP contribution < -0.4 is 9.64 Å². The maximum atomic E-state index is 6.24. The molecular formula is C21H26N3O2S+. The van der Waals surface area contributed by atoms with Gasteiger partial charge in [0.15, 0.2) is 5.82 Å². The van der Waals surface area contributed by atoms with Gasteiger partial charge in [-0.15, -0.1) is 11.3 Å². The molecule has 0 spiro atoms. The quantitative estimate of drug-likeness (QED) is 0.734. The molecule has 142 valence electrons. The van der Waals surface area contributed by atoms with E-state index < -0.39 is 0 Å². The first-order valence-electron chi connectivity index (χ1n) is 9.58. The summed E-state index contributed by atoms with van der Waals surface area (Å²) in [4.78, 5) is 13.4. The van der Waals surface area contributed by atoms with Crippen molar-refractivity contribution in [3.05, 3.63) is 46.1 Å². The van der Waals surface area contributed by atoms with E-state index >= 15 is 0 Å². The van der Waals surface area contributed by atoms with E-state index in [0.29, 0.717) is 5.88 Å². The normalized spacial score (nSPS) is 15.4. The van der Waals surface area contributed by atoms with E-state index in [1.165, 1.54) is 20.9 Å². The lowest BCUT2D eigenvalue weighted by molar-refractivity contribution is -0.922. The standard InChI is InChI=1S/C21H25N3O2S/c1-4-16-5-7-17(8-6-16)26-20-19-14(2)15(3)27-21(19)23-18(22-20)13-24-9-11-25-12-10-24/h5-8H,4,9-13H2,1-3H3/p+1. The predicted molar refractivity (Wildman–Crippen MR) is 108 cm³/mol. The average Bonchev–Trinajstić information content (AvgIpc) is 2.97. The molecule has 1 saturated heterocycles. The molecule has 0 radical (unpaired) electrons. The molecule has 0 amide bonds. The Bertz CT molecular complexity index is 931. The van der Waals surface area contributed by atoms with Crippen LogP contribution in [0.25, 0.3) is 10.2 Å². The van der Waals surface area contributed by atoms with Crippen LogP contribution in [0.4, 0.5) is 0 Å². The summed E-state index contributed by atoms with van der Waals surface area (Å²) in [5.74, 6) is 2.34. The average molecular weight is 385 g/mol. The Balaban J connectivity index is 1.69. The lowest BCUT2D eigenvalue weighted by atomic mass is 10.2. The van der Waals surface area contributed by atoms with Gasteiger partial charge in [-0.25, -0.2) is 4.98 Å². The number of thiophene rings is 1. The minimum Gasteiger partial charge on any atom is -0.438 e. The Morgan fingerprint density at radius 1 is 1.11 bits per heavy atom. The number of quaternary nitrogens is 1. The van der Waals surface area contributed by atoms with E-state index in [4.69, 9.17) is 19.4 Å². The molecule has 0 saturated carbocycles. The van der Waals surface area contributed by atoms with Crippen LogP contribution >= 0.6 is 11.3 Å². The number of rotatable bonds is 5. The second-order valence-corrected chi connectivity index (χ2v) is 8.25. The van der Waals surface area contributed by atoms with Gasteiger partial charge >= 0.3 is 0 Å². The van der Waals surface area contributed by atoms with E-state index in [0.717, 1.165) is 61.1 Å². The van der Waals surface area contributed by atoms with Crippen molar-refractivity contribution in [2.24, 2.45) is 0 Å². The van der Waals surface area contributed by atoms with Gasteiger partial charge in [-0.05, 0) is 43.5 Å². The summed E-state index contributed by atoms with van der Waals surface area (Å²) < 4.78 is 11.7. The molecule has 0 unspecified atom stereocenters. The van der Waals surface area contributed by atoms with E-state index in [2.05, 4.69) is 32.9 Å². The van der Waals surface area contributed by atoms with E-state index in [1.54, 1.807) is 11.3 Å². The third-order valence-corrected chi connectivity index (χ3v) is 6.30. The number of nitrogens with one attached hydrogen (secondary N) is 1. The Hall–Kier alpha value is -2.02. The fourth-order valence-corrected chi connectivity index (χ4v) is 4.41. The molecule has 1 aliphatic rings. The smallest absolute Gasteiger partial charge is 0.231 e. The van der Waals surface area contributed by atoms with Crippen LogP contribution in [0.3, 0.4) is 0 Å². The van der Waals surface area contributed by atoms with Crippen molar-refractivity contribution >= 4 is 21.6 Å². The maximum absolute atomic E-state index is 6.24. The van der Waals surface area contributed by atoms with Crippen molar-refractivity contribution in [1.29, 1.82) is 0 Å². The zero-order chi connectivity index (χ0) is 18.8. The van der Waals surface area contributed by atoms with Crippen molar-refractivity contribution < 1.29 is 14.4 Å². The summed E-state index contributed by atoms with van der Waals surface area (Å²) in [6.07, 6.45) is 1.02. The van der Waals surface area contributed by atoms with Gasteiger partial charge in [-0.2, -0.15) is 4.98 Å². The first-order valence-corrected chi connectivity index (χ1v) is 10.4. The Labute approximate surface area is 164 Å². The molecule has 0 bridgehead atoms. The molecule has 1 N–H and O–H groups in total. The largest absolute Gasteiger partial charge is 0.438 e. The Morgan fingerprint density at radius 3 is 2.56 bits per heavy atom. The van der Waals surface area contributed by atoms with Crippen LogP contribution in [0.5, 0.6) is 11.6 Å². The number of hydrogen-bond donors (Lipinski definition) is 1. The molecule has 3 aromatic rings. The summed E-state index contributed by atoms with van der Waals surface area (Å²) in [7, 11) is 0. The second-order valence-electron chi connectivity index (χ2n) is 7.05. The fraction of sp³-hybridized carbons (Fsp3) is 0.429. The van der Waals surface area contributed by atoms with Crippen LogP contribution in [-0.2, 0) is 17.7 Å². The van der Waals surface area contributed by atoms with Crippen molar-refractivity contribution in [3.63, 3.8) is 0 Å². The SMILES string of the molecule is CCc1ccc(Oc2nc(C[NH+]3CCOCC3)nc3sc(C)c(C)c23)cc1. The molecule has 6 heteroatoms. The highest BCUT2D eigenvalue weighted by molar-refractivity contribution is 7.18. The number of nitrogens with zero attached hydrogens (tertiary/aromatic N) is 2. The zero-order valence-electron chi connectivity index (χ0n) is 16.2. The molecule has 1 aliphatic heterocycles. The molecule has 2 aromatic heterocycles. The Morgan fingerprint density at radius 2 is 1.85 bits per heavy atom. The van der Waals surface area contributed by atoms with Crippen molar-refractivity contribution in [2.75, 3.05) is 26.3 Å². The number of fused-ring (bicyclic) bond motifs is 1. The summed E-state index contributed by atoms with van der Waals surface area (Å²) in [6.45, 7) is 10.8. The van der Waals surface area contributed by atoms with Crippen LogP contribution in [0, 0.1) is 13.8 Å². The Kier molecular flexibility index (Phi) is 5.38. The van der Waals surface area contributed by atoms with Crippen molar-refractivity contribution in [2.45, 2.75) is 33.7 Å². The van der Waals surface area contributed by atoms with Gasteiger partial charge in [0.1, 0.15) is 30.2 Å². The highest BCUT2D eigenvalue weighted by Crippen LogP contribution is 2.36. The lowest BCUT2D eigenvalue weighted by Crippen LogP contribution is -3.12. The molecule has 3 heterocycles. The molecule has 5 nitrogen and oxygen atoms in total. The minimum atomic E-state index is 0.675. The first kappa shape index (κ1) is 18.3. The van der Waals surface area contributed by atoms with Gasteiger partial charge in [-0.1, -0.05) is 19.1 Å². The van der Waals surface area contributed by atoms with Gasteiger partial charge in [-0.3, -0.25) is 0 Å². The summed E-state index contributed by atoms with van der Waals surface area (Å²) >= 11 is 1.72. The molecule has 1 aromatic carbocycles. The number of morpholine rings is 1. The maximum Gasteiger partial charge on any atom is 0.231 e. The number of hydrogen-bond acceptors (Lipinski definition) is 5. The number of benzene rings is 1. The van der Waals surface area contributed by atoms with Gasteiger partial charge in [0.2, 0.25) is 5.88 Å². The fourth-order valence-electron chi connectivity index (χ4n) is 3.37. The summed E-state index contributed by atoms with van der Waals surface area (Å²) in [5, 5.41) is 1.04. The van der Waals surface area contributed by atoms with Crippen molar-refractivity contribution in [3.8, 4) is 11.6 Å². The third-order valence-electron chi connectivity index (χ3n) is 5.20. The first-order chi connectivity index (χ1) is 13.1. The van der Waals surface area contributed by atoms with Gasteiger partial charge in [0.25, 0.3) is 0 Å². The summed E-state index contributed by atoms with van der Waals surface area (Å²) in [5.41, 5.74) is 2.51. The number of aryl methyl sites for hydroxylation is 3. The topological polar surface area (TPSA) is 48.7 Å². The molecule has 1 fully saturated rings. The lowest BCUT2D eigenvalue weighted by Gasteiger charge is -2.23. The third kappa shape index (κ3) is 3.98. The van der Waals surface area contributed by atoms with Crippen LogP contribution in [-0.4, -0.2) is 36.3 Å².